The maximum absolute atomic E-state index is 12.7. The molecule has 0 bridgehead atoms. The van der Waals surface area contributed by atoms with Crippen LogP contribution in [0.15, 0.2) is 42.9 Å². The summed E-state index contributed by atoms with van der Waals surface area (Å²) in [6, 6.07) is 10.2. The van der Waals surface area contributed by atoms with Crippen LogP contribution in [0.5, 0.6) is 0 Å². The zero-order chi connectivity index (χ0) is 32.3. The molecule has 0 unspecified atom stereocenters. The summed E-state index contributed by atoms with van der Waals surface area (Å²) in [5.74, 6) is 0.243. The van der Waals surface area contributed by atoms with Crippen molar-refractivity contribution in [2.75, 3.05) is 38.2 Å². The zero-order valence-corrected chi connectivity index (χ0v) is 25.9. The Hall–Kier alpha value is -5.23. The first-order valence-corrected chi connectivity index (χ1v) is 16.1. The van der Waals surface area contributed by atoms with Gasteiger partial charge in [0.25, 0.3) is 0 Å². The first kappa shape index (κ1) is 30.4. The first-order valence-electron chi connectivity index (χ1n) is 16.1. The van der Waals surface area contributed by atoms with Gasteiger partial charge in [0.2, 0.25) is 0 Å². The predicted octanol–water partition coefficient (Wildman–Crippen LogP) is 3.34. The molecule has 1 aliphatic heterocycles. The number of hydrogen-bond donors (Lipinski definition) is 3. The highest BCUT2D eigenvalue weighted by atomic mass is 16.5. The molecule has 47 heavy (non-hydrogen) atoms. The number of primary amides is 1. The Morgan fingerprint density at radius 2 is 1.87 bits per heavy atom. The van der Waals surface area contributed by atoms with Crippen molar-refractivity contribution >= 4 is 23.3 Å². The summed E-state index contributed by atoms with van der Waals surface area (Å²) in [5, 5.41) is 29.7. The molecule has 4 aromatic heterocycles. The Labute approximate surface area is 271 Å². The van der Waals surface area contributed by atoms with E-state index in [9.17, 15) is 14.9 Å². The van der Waals surface area contributed by atoms with Gasteiger partial charge in [0, 0.05) is 42.6 Å². The normalized spacial score (nSPS) is 22.7. The van der Waals surface area contributed by atoms with Crippen LogP contribution in [0.3, 0.4) is 0 Å². The van der Waals surface area contributed by atoms with E-state index >= 15 is 0 Å². The maximum Gasteiger partial charge on any atom is 0.404 e. The summed E-state index contributed by atoms with van der Waals surface area (Å²) in [7, 11) is 0. The van der Waals surface area contributed by atoms with Crippen molar-refractivity contribution in [2.24, 2.45) is 11.7 Å². The van der Waals surface area contributed by atoms with Gasteiger partial charge >= 0.3 is 12.1 Å². The number of morpholine rings is 1. The van der Waals surface area contributed by atoms with E-state index in [4.69, 9.17) is 20.2 Å². The minimum atomic E-state index is -0.758. The third-order valence-electron chi connectivity index (χ3n) is 9.34. The molecule has 3 amide bonds. The molecule has 7 rings (SSSR count). The number of nitriles is 1. The summed E-state index contributed by atoms with van der Waals surface area (Å²) in [6.45, 7) is 2.73. The van der Waals surface area contributed by atoms with Crippen molar-refractivity contribution in [3.8, 4) is 28.7 Å². The van der Waals surface area contributed by atoms with Crippen LogP contribution in [-0.2, 0) is 9.47 Å². The highest BCUT2D eigenvalue weighted by Crippen LogP contribution is 2.37. The summed E-state index contributed by atoms with van der Waals surface area (Å²) < 4.78 is 14.1. The standard InChI is InChI=1S/C32H37N11O4/c33-15-21-13-25-5-6-30(43(25)36-16-21)28-14-27(37-23-11-20(12-23)19-47-31(34)44)26(17-35-28)29-18-42(40-39-29)24-3-1-22(2-4-24)38-32(45)41-7-9-46-10-8-41/h5-6,13-14,16-18,20,22-24H,1-4,7-12,19H2,(H2,34,44)(H,35,37)(H,38,45). The second-order valence-corrected chi connectivity index (χ2v) is 12.5. The number of fused-ring (bicyclic) bond motifs is 1. The fourth-order valence-corrected chi connectivity index (χ4v) is 6.68. The number of hydrogen-bond acceptors (Lipinski definition) is 10. The summed E-state index contributed by atoms with van der Waals surface area (Å²) >= 11 is 0. The number of anilines is 1. The summed E-state index contributed by atoms with van der Waals surface area (Å²) in [4.78, 5) is 30.3. The molecule has 3 fully saturated rings. The Balaban J connectivity index is 1.07. The Morgan fingerprint density at radius 3 is 2.64 bits per heavy atom. The van der Waals surface area contributed by atoms with Gasteiger partial charge in [-0.3, -0.25) is 4.98 Å². The number of ether oxygens (including phenoxy) is 2. The van der Waals surface area contributed by atoms with Crippen LogP contribution in [0.25, 0.3) is 28.2 Å². The third-order valence-corrected chi connectivity index (χ3v) is 9.34. The van der Waals surface area contributed by atoms with Crippen molar-refractivity contribution < 1.29 is 19.1 Å². The lowest BCUT2D eigenvalue weighted by atomic mass is 9.80. The number of amides is 3. The van der Waals surface area contributed by atoms with Crippen molar-refractivity contribution in [2.45, 2.75) is 56.7 Å². The van der Waals surface area contributed by atoms with Crippen molar-refractivity contribution in [1.29, 1.82) is 5.26 Å². The summed E-state index contributed by atoms with van der Waals surface area (Å²) in [5.41, 5.74) is 10.3. The summed E-state index contributed by atoms with van der Waals surface area (Å²) in [6.07, 6.45) is 9.73. The minimum absolute atomic E-state index is 0.00945. The van der Waals surface area contributed by atoms with Gasteiger partial charge in [-0.1, -0.05) is 5.21 Å². The number of urea groups is 1. The van der Waals surface area contributed by atoms with E-state index in [1.807, 2.05) is 34.0 Å². The number of carbonyl (C=O) groups is 2. The van der Waals surface area contributed by atoms with Gasteiger partial charge in [0.05, 0.1) is 60.7 Å². The van der Waals surface area contributed by atoms with Gasteiger partial charge in [-0.25, -0.2) is 18.8 Å². The fraction of sp³-hybridized carbons (Fsp3) is 0.469. The van der Waals surface area contributed by atoms with E-state index in [1.54, 1.807) is 16.8 Å². The number of carbonyl (C=O) groups excluding carboxylic acids is 2. The Kier molecular flexibility index (Phi) is 8.58. The second kappa shape index (κ2) is 13.2. The SMILES string of the molecule is N#Cc1cnn2c(-c3cc(NC4CC(COC(N)=O)C4)c(-c4cn(C5CCC(NC(=O)N6CCOCC6)CC5)nn4)cn3)ccc2c1. The molecule has 4 N–H and O–H groups in total. The quantitative estimate of drug-likeness (QED) is 0.258. The van der Waals surface area contributed by atoms with Crippen LogP contribution in [0.4, 0.5) is 15.3 Å². The lowest BCUT2D eigenvalue weighted by Gasteiger charge is -2.36. The van der Waals surface area contributed by atoms with E-state index < -0.39 is 6.09 Å². The van der Waals surface area contributed by atoms with Gasteiger partial charge in [-0.05, 0) is 68.7 Å². The molecule has 244 valence electrons. The van der Waals surface area contributed by atoms with Crippen molar-refractivity contribution in [3.05, 3.63) is 48.4 Å². The first-order chi connectivity index (χ1) is 22.9. The largest absolute Gasteiger partial charge is 0.449 e. The van der Waals surface area contributed by atoms with Crippen LogP contribution >= 0.6 is 0 Å². The zero-order valence-electron chi connectivity index (χ0n) is 25.9. The monoisotopic (exact) mass is 639 g/mol. The minimum Gasteiger partial charge on any atom is -0.449 e. The molecule has 5 heterocycles. The van der Waals surface area contributed by atoms with Crippen LogP contribution in [0, 0.1) is 17.2 Å². The number of aromatic nitrogens is 6. The van der Waals surface area contributed by atoms with Gasteiger partial charge in [-0.2, -0.15) is 10.4 Å². The van der Waals surface area contributed by atoms with Gasteiger partial charge in [0.1, 0.15) is 11.8 Å². The van der Waals surface area contributed by atoms with Crippen LogP contribution in [-0.4, -0.2) is 91.6 Å². The van der Waals surface area contributed by atoms with Gasteiger partial charge in [0.15, 0.2) is 0 Å². The Morgan fingerprint density at radius 1 is 1.06 bits per heavy atom. The molecular formula is C32H37N11O4. The molecule has 15 nitrogen and oxygen atoms in total. The molecule has 1 saturated heterocycles. The van der Waals surface area contributed by atoms with Crippen molar-refractivity contribution in [3.63, 3.8) is 0 Å². The highest BCUT2D eigenvalue weighted by molar-refractivity contribution is 5.79. The second-order valence-electron chi connectivity index (χ2n) is 12.5. The topological polar surface area (TPSA) is 191 Å². The molecule has 2 aliphatic carbocycles. The number of nitrogens with zero attached hydrogens (tertiary/aromatic N) is 8. The number of pyridine rings is 1. The fourth-order valence-electron chi connectivity index (χ4n) is 6.68. The average molecular weight is 640 g/mol. The lowest BCUT2D eigenvalue weighted by Crippen LogP contribution is -2.49. The predicted molar refractivity (Wildman–Crippen MR) is 170 cm³/mol. The molecule has 3 aliphatic rings. The smallest absolute Gasteiger partial charge is 0.404 e. The molecule has 4 aromatic rings. The van der Waals surface area contributed by atoms with E-state index in [0.717, 1.165) is 61.0 Å². The maximum atomic E-state index is 12.7. The molecule has 15 heteroatoms. The Bertz CT molecular complexity index is 1790. The van der Waals surface area contributed by atoms with E-state index in [-0.39, 0.29) is 30.1 Å². The molecule has 0 spiro atoms. The average Bonchev–Trinajstić information content (AvgIpc) is 3.74. The number of nitrogens with two attached hydrogens (primary N) is 1. The molecular weight excluding hydrogens is 602 g/mol. The van der Waals surface area contributed by atoms with E-state index in [0.29, 0.717) is 49.9 Å². The van der Waals surface area contributed by atoms with Crippen LogP contribution < -0.4 is 16.4 Å². The van der Waals surface area contributed by atoms with Crippen LogP contribution in [0.2, 0.25) is 0 Å². The molecule has 0 radical (unpaired) electrons. The lowest BCUT2D eigenvalue weighted by molar-refractivity contribution is 0.0519. The molecule has 2 saturated carbocycles. The van der Waals surface area contributed by atoms with Gasteiger partial charge < -0.3 is 30.7 Å². The van der Waals surface area contributed by atoms with Gasteiger partial charge in [-0.15, -0.1) is 5.10 Å². The number of rotatable bonds is 8. The highest BCUT2D eigenvalue weighted by Gasteiger charge is 2.31. The third kappa shape index (κ3) is 6.68. The van der Waals surface area contributed by atoms with E-state index in [2.05, 4.69) is 32.1 Å². The van der Waals surface area contributed by atoms with E-state index in [1.165, 1.54) is 6.20 Å². The number of nitrogens with one attached hydrogen (secondary N) is 2. The van der Waals surface area contributed by atoms with Crippen molar-refractivity contribution in [1.82, 2.24) is 39.8 Å². The molecule has 0 atom stereocenters. The molecule has 0 aromatic carbocycles. The van der Waals surface area contributed by atoms with Crippen LogP contribution in [0.1, 0.15) is 50.1 Å².